The lowest BCUT2D eigenvalue weighted by molar-refractivity contribution is -0.119. The van der Waals surface area contributed by atoms with E-state index in [2.05, 4.69) is 17.6 Å². The summed E-state index contributed by atoms with van der Waals surface area (Å²) in [5.41, 5.74) is 0. The molecule has 0 radical (unpaired) electrons. The van der Waals surface area contributed by atoms with Gasteiger partial charge in [0, 0.05) is 31.5 Å². The third-order valence-corrected chi connectivity index (χ3v) is 2.59. The molecule has 82 valence electrons. The smallest absolute Gasteiger partial charge is 0.221 e. The molecule has 4 nitrogen and oxygen atoms in total. The molecule has 0 spiro atoms. The van der Waals surface area contributed by atoms with Gasteiger partial charge in [-0.25, -0.2) is 0 Å². The maximum Gasteiger partial charge on any atom is 0.221 e. The summed E-state index contributed by atoms with van der Waals surface area (Å²) in [5.74, 6) is 1.12. The summed E-state index contributed by atoms with van der Waals surface area (Å²) >= 11 is 0. The molecule has 2 rings (SSSR count). The Morgan fingerprint density at radius 1 is 1.73 bits per heavy atom. The van der Waals surface area contributed by atoms with Gasteiger partial charge in [-0.15, -0.1) is 0 Å². The van der Waals surface area contributed by atoms with Crippen LogP contribution in [-0.4, -0.2) is 24.5 Å². The van der Waals surface area contributed by atoms with E-state index in [0.717, 1.165) is 18.7 Å². The summed E-state index contributed by atoms with van der Waals surface area (Å²) in [6.45, 7) is 2.84. The minimum absolute atomic E-state index is 0.137. The van der Waals surface area contributed by atoms with Gasteiger partial charge in [-0.3, -0.25) is 4.79 Å². The molecule has 0 aliphatic carbocycles. The van der Waals surface area contributed by atoms with Crippen LogP contribution in [0.15, 0.2) is 22.8 Å². The van der Waals surface area contributed by atoms with Gasteiger partial charge in [-0.05, 0) is 19.1 Å². The average molecular weight is 208 g/mol. The standard InChI is InChI=1S/C11H16N2O2/c1-8(5-10-3-2-4-15-10)13-9-6-11(14)12-7-9/h2-4,8-9,13H,5-7H2,1H3,(H,12,14). The Labute approximate surface area is 89.0 Å². The molecule has 1 amide bonds. The number of carbonyl (C=O) groups excluding carboxylic acids is 1. The van der Waals surface area contributed by atoms with E-state index in [1.807, 2.05) is 12.1 Å². The summed E-state index contributed by atoms with van der Waals surface area (Å²) in [7, 11) is 0. The first-order chi connectivity index (χ1) is 7.24. The fourth-order valence-corrected chi connectivity index (χ4v) is 1.91. The molecule has 1 fully saturated rings. The maximum absolute atomic E-state index is 11.0. The van der Waals surface area contributed by atoms with Crippen LogP contribution in [0, 0.1) is 0 Å². The van der Waals surface area contributed by atoms with Crippen molar-refractivity contribution in [2.24, 2.45) is 0 Å². The fourth-order valence-electron chi connectivity index (χ4n) is 1.91. The SMILES string of the molecule is CC(Cc1ccco1)NC1CNC(=O)C1. The Morgan fingerprint density at radius 2 is 2.60 bits per heavy atom. The second kappa shape index (κ2) is 4.49. The van der Waals surface area contributed by atoms with Gasteiger partial charge in [0.15, 0.2) is 0 Å². The molecule has 1 saturated heterocycles. The molecule has 1 aliphatic heterocycles. The van der Waals surface area contributed by atoms with Gasteiger partial charge in [-0.2, -0.15) is 0 Å². The van der Waals surface area contributed by atoms with Crippen LogP contribution in [0.4, 0.5) is 0 Å². The third kappa shape index (κ3) is 2.83. The normalized spacial score (nSPS) is 22.7. The zero-order valence-corrected chi connectivity index (χ0v) is 8.82. The topological polar surface area (TPSA) is 54.3 Å². The predicted molar refractivity (Wildman–Crippen MR) is 56.4 cm³/mol. The highest BCUT2D eigenvalue weighted by atomic mass is 16.3. The third-order valence-electron chi connectivity index (χ3n) is 2.59. The van der Waals surface area contributed by atoms with Crippen LogP contribution in [-0.2, 0) is 11.2 Å². The van der Waals surface area contributed by atoms with Gasteiger partial charge in [0.1, 0.15) is 5.76 Å². The maximum atomic E-state index is 11.0. The Bertz CT molecular complexity index is 321. The van der Waals surface area contributed by atoms with E-state index in [-0.39, 0.29) is 11.9 Å². The molecule has 1 aromatic heterocycles. The van der Waals surface area contributed by atoms with Crippen molar-refractivity contribution < 1.29 is 9.21 Å². The predicted octanol–water partition coefficient (Wildman–Crippen LogP) is 0.689. The second-order valence-corrected chi connectivity index (χ2v) is 4.06. The van der Waals surface area contributed by atoms with Crippen molar-refractivity contribution in [3.63, 3.8) is 0 Å². The lowest BCUT2D eigenvalue weighted by Gasteiger charge is -2.16. The first-order valence-electron chi connectivity index (χ1n) is 5.29. The molecule has 1 aromatic rings. The number of hydrogen-bond donors (Lipinski definition) is 2. The van der Waals surface area contributed by atoms with E-state index < -0.39 is 0 Å². The van der Waals surface area contributed by atoms with Crippen molar-refractivity contribution in [3.05, 3.63) is 24.2 Å². The molecule has 2 N–H and O–H groups in total. The van der Waals surface area contributed by atoms with E-state index >= 15 is 0 Å². The Kier molecular flexibility index (Phi) is 3.06. The lowest BCUT2D eigenvalue weighted by Crippen LogP contribution is -2.38. The quantitative estimate of drug-likeness (QED) is 0.765. The number of furan rings is 1. The Morgan fingerprint density at radius 3 is 3.20 bits per heavy atom. The molecule has 15 heavy (non-hydrogen) atoms. The number of carbonyl (C=O) groups is 1. The van der Waals surface area contributed by atoms with E-state index in [0.29, 0.717) is 12.5 Å². The monoisotopic (exact) mass is 208 g/mol. The van der Waals surface area contributed by atoms with Crippen LogP contribution < -0.4 is 10.6 Å². The van der Waals surface area contributed by atoms with Gasteiger partial charge in [0.2, 0.25) is 5.91 Å². The molecular weight excluding hydrogens is 192 g/mol. The second-order valence-electron chi connectivity index (χ2n) is 4.06. The molecule has 2 heterocycles. The minimum Gasteiger partial charge on any atom is -0.469 e. The zero-order chi connectivity index (χ0) is 10.7. The molecule has 2 atom stereocenters. The first-order valence-corrected chi connectivity index (χ1v) is 5.29. The van der Waals surface area contributed by atoms with Crippen molar-refractivity contribution in [1.29, 1.82) is 0 Å². The van der Waals surface area contributed by atoms with Crippen LogP contribution in [0.2, 0.25) is 0 Å². The zero-order valence-electron chi connectivity index (χ0n) is 8.82. The Balaban J connectivity index is 1.77. The molecule has 2 unspecified atom stereocenters. The summed E-state index contributed by atoms with van der Waals surface area (Å²) in [5, 5.41) is 6.21. The van der Waals surface area contributed by atoms with Gasteiger partial charge in [0.25, 0.3) is 0 Å². The van der Waals surface area contributed by atoms with Gasteiger partial charge in [-0.1, -0.05) is 0 Å². The summed E-state index contributed by atoms with van der Waals surface area (Å²) in [6, 6.07) is 4.45. The van der Waals surface area contributed by atoms with E-state index in [1.165, 1.54) is 0 Å². The summed E-state index contributed by atoms with van der Waals surface area (Å²) in [4.78, 5) is 11.0. The molecule has 1 aliphatic rings. The Hall–Kier alpha value is -1.29. The van der Waals surface area contributed by atoms with E-state index in [4.69, 9.17) is 4.42 Å². The van der Waals surface area contributed by atoms with Gasteiger partial charge >= 0.3 is 0 Å². The van der Waals surface area contributed by atoms with Crippen molar-refractivity contribution in [2.45, 2.75) is 31.8 Å². The van der Waals surface area contributed by atoms with Gasteiger partial charge in [0.05, 0.1) is 6.26 Å². The van der Waals surface area contributed by atoms with Gasteiger partial charge < -0.3 is 15.1 Å². The van der Waals surface area contributed by atoms with Crippen molar-refractivity contribution in [3.8, 4) is 0 Å². The number of hydrogen-bond acceptors (Lipinski definition) is 3. The summed E-state index contributed by atoms with van der Waals surface area (Å²) in [6.07, 6.45) is 3.13. The van der Waals surface area contributed by atoms with Crippen LogP contribution in [0.1, 0.15) is 19.1 Å². The fraction of sp³-hybridized carbons (Fsp3) is 0.545. The minimum atomic E-state index is 0.137. The highest BCUT2D eigenvalue weighted by Gasteiger charge is 2.22. The highest BCUT2D eigenvalue weighted by molar-refractivity contribution is 5.78. The molecular formula is C11H16N2O2. The van der Waals surface area contributed by atoms with Crippen LogP contribution in [0.25, 0.3) is 0 Å². The van der Waals surface area contributed by atoms with Crippen LogP contribution >= 0.6 is 0 Å². The number of rotatable bonds is 4. The lowest BCUT2D eigenvalue weighted by atomic mass is 10.1. The number of nitrogens with one attached hydrogen (secondary N) is 2. The highest BCUT2D eigenvalue weighted by Crippen LogP contribution is 2.06. The molecule has 0 saturated carbocycles. The number of amides is 1. The molecule has 0 bridgehead atoms. The first kappa shape index (κ1) is 10.2. The van der Waals surface area contributed by atoms with Crippen LogP contribution in [0.3, 0.4) is 0 Å². The molecule has 0 aromatic carbocycles. The molecule has 4 heteroatoms. The van der Waals surface area contributed by atoms with Crippen molar-refractivity contribution in [1.82, 2.24) is 10.6 Å². The van der Waals surface area contributed by atoms with E-state index in [1.54, 1.807) is 6.26 Å². The summed E-state index contributed by atoms with van der Waals surface area (Å²) < 4.78 is 5.27. The van der Waals surface area contributed by atoms with Crippen LogP contribution in [0.5, 0.6) is 0 Å². The van der Waals surface area contributed by atoms with Crippen molar-refractivity contribution >= 4 is 5.91 Å². The average Bonchev–Trinajstić information content (AvgIpc) is 2.77. The van der Waals surface area contributed by atoms with Crippen molar-refractivity contribution in [2.75, 3.05) is 6.54 Å². The largest absolute Gasteiger partial charge is 0.469 e. The van der Waals surface area contributed by atoms with E-state index in [9.17, 15) is 4.79 Å².